The minimum absolute atomic E-state index is 1.02. The molecule has 0 amide bonds. The van der Waals surface area contributed by atoms with Gasteiger partial charge in [0.1, 0.15) is 0 Å². The van der Waals surface area contributed by atoms with Crippen molar-refractivity contribution >= 4 is 160 Å². The molecule has 2 aromatic heterocycles. The largest absolute Gasteiger partial charge is 0.134 e. The van der Waals surface area contributed by atoms with Gasteiger partial charge in [0.25, 0.3) is 0 Å². The van der Waals surface area contributed by atoms with Crippen molar-refractivity contribution in [1.29, 1.82) is 0 Å². The molecule has 0 saturated heterocycles. The van der Waals surface area contributed by atoms with Crippen molar-refractivity contribution in [3.05, 3.63) is 193 Å². The normalized spacial score (nSPS) is 12.5. The average Bonchev–Trinajstić information content (AvgIpc) is 4.04. The van der Waals surface area contributed by atoms with Gasteiger partial charge in [0.05, 0.1) is 0 Å². The van der Waals surface area contributed by atoms with E-state index in [1.165, 1.54) is 204 Å². The van der Waals surface area contributed by atoms with E-state index in [1.807, 2.05) is 22.7 Å². The number of unbranched alkanes of at least 4 members (excludes halogenated alkanes) is 5. The number of benzene rings is 13. The van der Waals surface area contributed by atoms with Crippen molar-refractivity contribution in [2.45, 2.75) is 72.1 Å². The zero-order chi connectivity index (χ0) is 48.5. The van der Waals surface area contributed by atoms with Gasteiger partial charge in [-0.05, 0) is 176 Å². The Kier molecular flexibility index (Phi) is 9.98. The molecule has 73 heavy (non-hydrogen) atoms. The highest BCUT2D eigenvalue weighted by molar-refractivity contribution is 7.30. The number of thiophene rings is 2. The molecule has 15 aromatic rings. The van der Waals surface area contributed by atoms with Gasteiger partial charge in [0.2, 0.25) is 0 Å². The predicted molar refractivity (Wildman–Crippen MR) is 326 cm³/mol. The van der Waals surface area contributed by atoms with E-state index in [-0.39, 0.29) is 0 Å². The summed E-state index contributed by atoms with van der Waals surface area (Å²) in [6.07, 6.45) is 10.1. The lowest BCUT2D eigenvalue weighted by atomic mass is 9.90. The van der Waals surface area contributed by atoms with E-state index < -0.39 is 0 Å². The SMILES string of the molecule is CCCCCCCCc1ccc2c(c1)c1ccccc1c1cc3sc4c(-c5ccc6c7ccccc7c7cc(C)ccc7c6c5)cc5c6cc7c8ccc(CC)cc8c8ccccc8c7cc6sc5c4c3cc21. The molecular weight excluding hydrogens is 917 g/mol. The molecule has 0 bridgehead atoms. The molecular formula is C71H54S2. The Morgan fingerprint density at radius 2 is 0.767 bits per heavy atom. The van der Waals surface area contributed by atoms with Crippen LogP contribution in [0.2, 0.25) is 0 Å². The molecule has 0 spiro atoms. The molecule has 0 fully saturated rings. The van der Waals surface area contributed by atoms with Crippen LogP contribution in [0.15, 0.2) is 176 Å². The lowest BCUT2D eigenvalue weighted by molar-refractivity contribution is 0.607. The van der Waals surface area contributed by atoms with Gasteiger partial charge in [-0.25, -0.2) is 0 Å². The smallest absolute Gasteiger partial charge is 0.0449 e. The molecule has 2 heteroatoms. The molecule has 0 aliphatic carbocycles. The van der Waals surface area contributed by atoms with Crippen LogP contribution in [0.4, 0.5) is 0 Å². The maximum absolute atomic E-state index is 2.59. The van der Waals surface area contributed by atoms with Crippen LogP contribution in [0.3, 0.4) is 0 Å². The molecule has 0 radical (unpaired) electrons. The summed E-state index contributed by atoms with van der Waals surface area (Å²) in [5.41, 5.74) is 6.70. The second-order valence-electron chi connectivity index (χ2n) is 21.1. The Morgan fingerprint density at radius 1 is 0.315 bits per heavy atom. The number of hydrogen-bond donors (Lipinski definition) is 0. The molecule has 350 valence electrons. The van der Waals surface area contributed by atoms with E-state index in [4.69, 9.17) is 0 Å². The first-order valence-corrected chi connectivity index (χ1v) is 28.4. The van der Waals surface area contributed by atoms with Crippen LogP contribution < -0.4 is 0 Å². The Bertz CT molecular complexity index is 4830. The van der Waals surface area contributed by atoms with E-state index in [0.29, 0.717) is 0 Å². The maximum atomic E-state index is 2.59. The summed E-state index contributed by atoms with van der Waals surface area (Å²) in [6.45, 7) is 6.78. The molecule has 15 rings (SSSR count). The minimum Gasteiger partial charge on any atom is -0.134 e. The van der Waals surface area contributed by atoms with Crippen LogP contribution in [-0.4, -0.2) is 0 Å². The van der Waals surface area contributed by atoms with Gasteiger partial charge in [-0.2, -0.15) is 0 Å². The summed E-state index contributed by atoms with van der Waals surface area (Å²) < 4.78 is 5.44. The first-order valence-electron chi connectivity index (χ1n) is 26.8. The van der Waals surface area contributed by atoms with Crippen LogP contribution in [-0.2, 0) is 12.8 Å². The van der Waals surface area contributed by atoms with Gasteiger partial charge < -0.3 is 0 Å². The number of hydrogen-bond acceptors (Lipinski definition) is 2. The fourth-order valence-corrected chi connectivity index (χ4v) is 15.7. The van der Waals surface area contributed by atoms with Crippen LogP contribution in [0.5, 0.6) is 0 Å². The first-order chi connectivity index (χ1) is 36.0. The lowest BCUT2D eigenvalue weighted by Gasteiger charge is -2.14. The second kappa shape index (κ2) is 16.9. The third-order valence-electron chi connectivity index (χ3n) is 16.7. The monoisotopic (exact) mass is 970 g/mol. The van der Waals surface area contributed by atoms with E-state index in [1.54, 1.807) is 0 Å². The van der Waals surface area contributed by atoms with Crippen molar-refractivity contribution in [2.24, 2.45) is 0 Å². The minimum atomic E-state index is 1.02. The number of fused-ring (bicyclic) bond motifs is 25. The topological polar surface area (TPSA) is 0 Å². The van der Waals surface area contributed by atoms with Crippen molar-refractivity contribution in [3.63, 3.8) is 0 Å². The van der Waals surface area contributed by atoms with Gasteiger partial charge in [-0.3, -0.25) is 0 Å². The second-order valence-corrected chi connectivity index (χ2v) is 23.2. The molecule has 0 nitrogen and oxygen atoms in total. The lowest BCUT2D eigenvalue weighted by Crippen LogP contribution is -1.89. The Balaban J connectivity index is 1.04. The van der Waals surface area contributed by atoms with Crippen molar-refractivity contribution in [2.75, 3.05) is 0 Å². The molecule has 13 aromatic carbocycles. The molecule has 0 saturated carbocycles. The quantitative estimate of drug-likeness (QED) is 0.0999. The van der Waals surface area contributed by atoms with Gasteiger partial charge in [0, 0.05) is 45.9 Å². The third-order valence-corrected chi connectivity index (χ3v) is 19.1. The van der Waals surface area contributed by atoms with Crippen LogP contribution in [0, 0.1) is 6.92 Å². The molecule has 0 aliphatic rings. The molecule has 0 atom stereocenters. The highest BCUT2D eigenvalue weighted by Crippen LogP contribution is 2.52. The highest BCUT2D eigenvalue weighted by atomic mass is 32.1. The summed E-state index contributed by atoms with van der Waals surface area (Å²) in [5, 5.41) is 29.5. The number of aryl methyl sites for hydroxylation is 3. The Labute approximate surface area is 433 Å². The third kappa shape index (κ3) is 6.63. The van der Waals surface area contributed by atoms with Gasteiger partial charge >= 0.3 is 0 Å². The standard InChI is InChI=1S/C71H54S2/c1-4-6-7-8-9-10-17-43-26-30-54-58(34-43)48-21-14-16-23-50(48)63-40-68-66(38-61(54)63)69-70(73-68)55(44-27-31-51-45-18-11-12-19-46(45)56-32-41(3)24-28-52(56)59(51)35-44)36-65-64-37-60-53-29-25-42(5-2)33-57(53)47-20-13-15-22-49(47)62(60)39-67(64)72-71(65)69/h11-16,18-40H,4-10,17H2,1-3H3. The maximum Gasteiger partial charge on any atom is 0.0449 e. The van der Waals surface area contributed by atoms with Crippen LogP contribution >= 0.6 is 22.7 Å². The Hall–Kier alpha value is -7.36. The average molecular weight is 971 g/mol. The predicted octanol–water partition coefficient (Wildman–Crippen LogP) is 22.2. The van der Waals surface area contributed by atoms with Gasteiger partial charge in [0.15, 0.2) is 0 Å². The van der Waals surface area contributed by atoms with Gasteiger partial charge in [-0.1, -0.05) is 191 Å². The zero-order valence-electron chi connectivity index (χ0n) is 41.7. The zero-order valence-corrected chi connectivity index (χ0v) is 43.3. The summed E-state index contributed by atoms with van der Waals surface area (Å²) in [4.78, 5) is 0. The van der Waals surface area contributed by atoms with E-state index in [2.05, 4.69) is 197 Å². The van der Waals surface area contributed by atoms with E-state index in [0.717, 1.165) is 12.8 Å². The molecule has 0 unspecified atom stereocenters. The Morgan fingerprint density at radius 3 is 1.41 bits per heavy atom. The van der Waals surface area contributed by atoms with E-state index >= 15 is 0 Å². The van der Waals surface area contributed by atoms with Crippen molar-refractivity contribution in [3.8, 4) is 11.1 Å². The summed E-state index contributed by atoms with van der Waals surface area (Å²) in [7, 11) is 0. The first kappa shape index (κ1) is 43.2. The van der Waals surface area contributed by atoms with Crippen molar-refractivity contribution in [1.82, 2.24) is 0 Å². The molecule has 0 aliphatic heterocycles. The molecule has 0 N–H and O–H groups in total. The fourth-order valence-electron chi connectivity index (χ4n) is 13.1. The number of rotatable bonds is 9. The van der Waals surface area contributed by atoms with E-state index in [9.17, 15) is 0 Å². The van der Waals surface area contributed by atoms with Crippen molar-refractivity contribution < 1.29 is 0 Å². The van der Waals surface area contributed by atoms with Crippen LogP contribution in [0.25, 0.3) is 148 Å². The summed E-state index contributed by atoms with van der Waals surface area (Å²) >= 11 is 3.98. The fraction of sp³-hybridized carbons (Fsp3) is 0.155. The van der Waals surface area contributed by atoms with Gasteiger partial charge in [-0.15, -0.1) is 22.7 Å². The summed E-state index contributed by atoms with van der Waals surface area (Å²) in [5.74, 6) is 0. The van der Waals surface area contributed by atoms with Crippen LogP contribution in [0.1, 0.15) is 69.1 Å². The highest BCUT2D eigenvalue weighted by Gasteiger charge is 2.22. The summed E-state index contributed by atoms with van der Waals surface area (Å²) in [6, 6.07) is 68.9. The molecule has 2 heterocycles.